The van der Waals surface area contributed by atoms with Gasteiger partial charge in [-0.05, 0) is 73.2 Å². The van der Waals surface area contributed by atoms with Gasteiger partial charge in [0.15, 0.2) is 0 Å². The zero-order chi connectivity index (χ0) is 26.4. The number of hydrogen-bond donors (Lipinski definition) is 2. The Labute approximate surface area is 219 Å². The number of phenolic OH excluding ortho intramolecular Hbond substituents is 2. The summed E-state index contributed by atoms with van der Waals surface area (Å²) in [6, 6.07) is 27.8. The molecule has 37 heavy (non-hydrogen) atoms. The van der Waals surface area contributed by atoms with Crippen LogP contribution >= 0.6 is 0 Å². The molecule has 0 saturated carbocycles. The first-order valence-electron chi connectivity index (χ1n) is 12.6. The molecule has 4 heteroatoms. The highest BCUT2D eigenvalue weighted by Gasteiger charge is 2.19. The highest BCUT2D eigenvalue weighted by atomic mass is 16.3. The van der Waals surface area contributed by atoms with Gasteiger partial charge in [0.05, 0.1) is 12.1 Å². The molecule has 188 valence electrons. The predicted octanol–water partition coefficient (Wildman–Crippen LogP) is 7.74. The molecule has 0 amide bonds. The second-order valence-corrected chi connectivity index (χ2v) is 9.68. The zero-order valence-corrected chi connectivity index (χ0v) is 21.9. The van der Waals surface area contributed by atoms with Gasteiger partial charge in [0.2, 0.25) is 0 Å². The van der Waals surface area contributed by atoms with E-state index in [2.05, 4.69) is 24.3 Å². The van der Waals surface area contributed by atoms with Gasteiger partial charge in [-0.1, -0.05) is 72.8 Å². The minimum absolute atomic E-state index is 0.184. The molecule has 0 heterocycles. The fourth-order valence-electron chi connectivity index (χ4n) is 4.65. The molecule has 0 aliphatic carbocycles. The molecule has 2 atom stereocenters. The molecule has 0 bridgehead atoms. The molecule has 0 unspecified atom stereocenters. The van der Waals surface area contributed by atoms with E-state index in [9.17, 15) is 10.2 Å². The second-order valence-electron chi connectivity index (χ2n) is 9.68. The molecular weight excluding hydrogens is 456 g/mol. The van der Waals surface area contributed by atoms with Crippen molar-refractivity contribution in [1.29, 1.82) is 0 Å². The van der Waals surface area contributed by atoms with Crippen molar-refractivity contribution in [3.8, 4) is 11.5 Å². The standard InChI is InChI=1S/C33H34N2O2/c1-22-15-24(3)32(36)28(17-22)20-34-30(26-11-7-5-8-12-26)19-31(27-13-9-6-10-14-27)35-21-29-18-23(2)16-25(4)33(29)37/h5-18,20-21,30-31,36-37H,19H2,1-4H3/t30-,31-/m0/s1. The highest BCUT2D eigenvalue weighted by Crippen LogP contribution is 2.33. The molecule has 2 N–H and O–H groups in total. The van der Waals surface area contributed by atoms with Crippen LogP contribution in [0.15, 0.2) is 94.9 Å². The first kappa shape index (κ1) is 25.9. The largest absolute Gasteiger partial charge is 0.507 e. The van der Waals surface area contributed by atoms with E-state index in [1.807, 2.05) is 88.4 Å². The minimum Gasteiger partial charge on any atom is -0.507 e. The molecule has 0 spiro atoms. The SMILES string of the molecule is Cc1cc(C)c(O)c(C=N[C@@H](C[C@H](N=Cc2cc(C)cc(C)c2O)c2ccccc2)c2ccccc2)c1. The molecular formula is C33H34N2O2. The van der Waals surface area contributed by atoms with Gasteiger partial charge in [0.1, 0.15) is 11.5 Å². The van der Waals surface area contributed by atoms with Crippen LogP contribution in [0.1, 0.15) is 63.0 Å². The third-order valence-corrected chi connectivity index (χ3v) is 6.55. The van der Waals surface area contributed by atoms with Crippen LogP contribution < -0.4 is 0 Å². The van der Waals surface area contributed by atoms with Crippen LogP contribution in [0, 0.1) is 27.7 Å². The van der Waals surface area contributed by atoms with Gasteiger partial charge < -0.3 is 10.2 Å². The Morgan fingerprint density at radius 3 is 1.35 bits per heavy atom. The van der Waals surface area contributed by atoms with Gasteiger partial charge >= 0.3 is 0 Å². The Bertz CT molecular complexity index is 1300. The lowest BCUT2D eigenvalue weighted by molar-refractivity contribution is 0.469. The van der Waals surface area contributed by atoms with Crippen molar-refractivity contribution in [3.05, 3.63) is 129 Å². The van der Waals surface area contributed by atoms with Crippen LogP contribution in [0.4, 0.5) is 0 Å². The number of phenols is 2. The van der Waals surface area contributed by atoms with Gasteiger partial charge in [-0.2, -0.15) is 0 Å². The third-order valence-electron chi connectivity index (χ3n) is 6.55. The molecule has 0 aromatic heterocycles. The van der Waals surface area contributed by atoms with E-state index in [1.165, 1.54) is 0 Å². The monoisotopic (exact) mass is 490 g/mol. The molecule has 0 fully saturated rings. The first-order chi connectivity index (χ1) is 17.8. The smallest absolute Gasteiger partial charge is 0.127 e. The molecule has 0 aliphatic heterocycles. The normalized spacial score (nSPS) is 13.3. The number of rotatable bonds is 8. The van der Waals surface area contributed by atoms with E-state index < -0.39 is 0 Å². The van der Waals surface area contributed by atoms with E-state index >= 15 is 0 Å². The molecule has 4 nitrogen and oxygen atoms in total. The highest BCUT2D eigenvalue weighted by molar-refractivity contribution is 5.85. The van der Waals surface area contributed by atoms with Crippen molar-refractivity contribution in [2.45, 2.75) is 46.2 Å². The van der Waals surface area contributed by atoms with Crippen LogP contribution in [0.3, 0.4) is 0 Å². The summed E-state index contributed by atoms with van der Waals surface area (Å²) in [6.45, 7) is 7.83. The fourth-order valence-corrected chi connectivity index (χ4v) is 4.65. The molecule has 0 aliphatic rings. The van der Waals surface area contributed by atoms with Crippen molar-refractivity contribution < 1.29 is 10.2 Å². The van der Waals surface area contributed by atoms with Gasteiger partial charge in [-0.25, -0.2) is 0 Å². The van der Waals surface area contributed by atoms with Crippen LogP contribution in [0.2, 0.25) is 0 Å². The summed E-state index contributed by atoms with van der Waals surface area (Å²) >= 11 is 0. The van der Waals surface area contributed by atoms with Crippen LogP contribution in [0.5, 0.6) is 11.5 Å². The number of aromatic hydroxyl groups is 2. The average Bonchev–Trinajstić information content (AvgIpc) is 2.89. The maximum Gasteiger partial charge on any atom is 0.127 e. The van der Waals surface area contributed by atoms with Crippen LogP contribution in [-0.4, -0.2) is 22.6 Å². The maximum atomic E-state index is 10.6. The third kappa shape index (κ3) is 6.53. The summed E-state index contributed by atoms with van der Waals surface area (Å²) in [4.78, 5) is 9.93. The van der Waals surface area contributed by atoms with Crippen molar-refractivity contribution >= 4 is 12.4 Å². The van der Waals surface area contributed by atoms with Gasteiger partial charge in [-0.15, -0.1) is 0 Å². The predicted molar refractivity (Wildman–Crippen MR) is 153 cm³/mol. The van der Waals surface area contributed by atoms with E-state index in [1.54, 1.807) is 12.4 Å². The van der Waals surface area contributed by atoms with Crippen LogP contribution in [-0.2, 0) is 0 Å². The summed E-state index contributed by atoms with van der Waals surface area (Å²) in [5, 5.41) is 21.2. The Hall–Kier alpha value is -4.18. The Kier molecular flexibility index (Phi) is 8.19. The number of aryl methyl sites for hydroxylation is 4. The van der Waals surface area contributed by atoms with E-state index in [4.69, 9.17) is 9.98 Å². The minimum atomic E-state index is -0.184. The van der Waals surface area contributed by atoms with Gasteiger partial charge in [-0.3, -0.25) is 9.98 Å². The van der Waals surface area contributed by atoms with Gasteiger partial charge in [0, 0.05) is 30.0 Å². The lowest BCUT2D eigenvalue weighted by Gasteiger charge is -2.20. The average molecular weight is 491 g/mol. The van der Waals surface area contributed by atoms with Crippen LogP contribution in [0.25, 0.3) is 0 Å². The summed E-state index contributed by atoms with van der Waals surface area (Å²) < 4.78 is 0. The van der Waals surface area contributed by atoms with Crippen molar-refractivity contribution in [1.82, 2.24) is 0 Å². The van der Waals surface area contributed by atoms with Crippen molar-refractivity contribution in [3.63, 3.8) is 0 Å². The lowest BCUT2D eigenvalue weighted by Crippen LogP contribution is -2.05. The second kappa shape index (κ2) is 11.7. The molecule has 0 saturated heterocycles. The Balaban J connectivity index is 1.73. The first-order valence-corrected chi connectivity index (χ1v) is 12.6. The summed E-state index contributed by atoms with van der Waals surface area (Å²) in [5.74, 6) is 0.508. The number of nitrogens with zero attached hydrogens (tertiary/aromatic N) is 2. The molecule has 4 rings (SSSR count). The van der Waals surface area contributed by atoms with E-state index in [0.29, 0.717) is 17.5 Å². The number of aliphatic imine (C=N–C) groups is 2. The number of hydrogen-bond acceptors (Lipinski definition) is 4. The van der Waals surface area contributed by atoms with Crippen molar-refractivity contribution in [2.24, 2.45) is 9.98 Å². The number of benzene rings is 4. The summed E-state index contributed by atoms with van der Waals surface area (Å²) in [6.07, 6.45) is 4.17. The molecule has 0 radical (unpaired) electrons. The maximum absolute atomic E-state index is 10.6. The van der Waals surface area contributed by atoms with Gasteiger partial charge in [0.25, 0.3) is 0 Å². The Morgan fingerprint density at radius 1 is 0.595 bits per heavy atom. The fraction of sp³-hybridized carbons (Fsp3) is 0.212. The lowest BCUT2D eigenvalue weighted by atomic mass is 9.95. The molecule has 4 aromatic carbocycles. The van der Waals surface area contributed by atoms with Crippen molar-refractivity contribution in [2.75, 3.05) is 0 Å². The zero-order valence-electron chi connectivity index (χ0n) is 21.9. The molecule has 4 aromatic rings. The summed E-state index contributed by atoms with van der Waals surface area (Å²) in [7, 11) is 0. The quantitative estimate of drug-likeness (QED) is 0.248. The summed E-state index contributed by atoms with van der Waals surface area (Å²) in [5.41, 5.74) is 7.38. The Morgan fingerprint density at radius 2 is 0.973 bits per heavy atom. The topological polar surface area (TPSA) is 65.2 Å². The van der Waals surface area contributed by atoms with E-state index in [0.717, 1.165) is 33.4 Å². The van der Waals surface area contributed by atoms with E-state index in [-0.39, 0.29) is 23.6 Å².